The highest BCUT2D eigenvalue weighted by Gasteiger charge is 2.28. The molecule has 0 saturated carbocycles. The van der Waals surface area contributed by atoms with Crippen LogP contribution in [0.1, 0.15) is 54.7 Å². The fourth-order valence-electron chi connectivity index (χ4n) is 3.27. The highest BCUT2D eigenvalue weighted by atomic mass is 16.5. The van der Waals surface area contributed by atoms with E-state index < -0.39 is 5.97 Å². The molecule has 0 fully saturated rings. The van der Waals surface area contributed by atoms with Crippen molar-refractivity contribution in [3.63, 3.8) is 0 Å². The van der Waals surface area contributed by atoms with Gasteiger partial charge in [0, 0.05) is 18.8 Å². The zero-order chi connectivity index (χ0) is 21.0. The van der Waals surface area contributed by atoms with E-state index in [1.165, 1.54) is 6.92 Å². The Morgan fingerprint density at radius 1 is 1.07 bits per heavy atom. The lowest BCUT2D eigenvalue weighted by molar-refractivity contribution is -0.129. The number of ether oxygens (including phenoxy) is 1. The largest absolute Gasteiger partial charge is 0.459 e. The molecular weight excluding hydrogens is 368 g/mol. The van der Waals surface area contributed by atoms with Crippen LogP contribution in [0.15, 0.2) is 54.7 Å². The van der Waals surface area contributed by atoms with Gasteiger partial charge in [-0.05, 0) is 55.3 Å². The molecule has 0 saturated heterocycles. The number of hydrogen-bond acceptors (Lipinski definition) is 4. The summed E-state index contributed by atoms with van der Waals surface area (Å²) in [5.41, 5.74) is 2.93. The summed E-state index contributed by atoms with van der Waals surface area (Å²) in [7, 11) is 0. The molecule has 0 aliphatic carbocycles. The van der Waals surface area contributed by atoms with Gasteiger partial charge < -0.3 is 15.0 Å². The van der Waals surface area contributed by atoms with Crippen molar-refractivity contribution in [1.82, 2.24) is 4.90 Å². The van der Waals surface area contributed by atoms with Crippen molar-refractivity contribution in [3.8, 4) is 0 Å². The van der Waals surface area contributed by atoms with Crippen LogP contribution in [0.2, 0.25) is 0 Å². The molecule has 6 heteroatoms. The molecule has 1 aliphatic rings. The molecule has 2 aromatic carbocycles. The number of hydrogen-bond donors (Lipinski definition) is 1. The third-order valence-corrected chi connectivity index (χ3v) is 4.59. The molecule has 1 aliphatic heterocycles. The van der Waals surface area contributed by atoms with Crippen molar-refractivity contribution < 1.29 is 19.1 Å². The number of anilines is 1. The van der Waals surface area contributed by atoms with E-state index in [1.807, 2.05) is 30.3 Å². The summed E-state index contributed by atoms with van der Waals surface area (Å²) in [4.78, 5) is 38.2. The van der Waals surface area contributed by atoms with E-state index in [4.69, 9.17) is 4.74 Å². The van der Waals surface area contributed by atoms with Crippen molar-refractivity contribution in [3.05, 3.63) is 71.4 Å². The number of benzene rings is 2. The van der Waals surface area contributed by atoms with E-state index in [-0.39, 0.29) is 30.4 Å². The number of nitrogens with zero attached hydrogens (tertiary/aromatic N) is 1. The lowest BCUT2D eigenvalue weighted by Crippen LogP contribution is -2.33. The van der Waals surface area contributed by atoms with Crippen molar-refractivity contribution in [2.75, 3.05) is 5.32 Å². The number of nitrogens with one attached hydrogen (secondary N) is 1. The molecule has 1 heterocycles. The van der Waals surface area contributed by atoms with Crippen LogP contribution in [0.25, 0.3) is 6.08 Å². The molecule has 1 atom stereocenters. The second-order valence-corrected chi connectivity index (χ2v) is 7.17. The third-order valence-electron chi connectivity index (χ3n) is 4.59. The number of carbonyl (C=O) groups is 3. The summed E-state index contributed by atoms with van der Waals surface area (Å²) in [5.74, 6) is -0.744. The first-order chi connectivity index (χ1) is 13.8. The number of fused-ring (bicyclic) bond motifs is 1. The average Bonchev–Trinajstić information content (AvgIpc) is 2.68. The molecule has 0 bridgehead atoms. The Morgan fingerprint density at radius 3 is 2.41 bits per heavy atom. The first kappa shape index (κ1) is 20.3. The highest BCUT2D eigenvalue weighted by Crippen LogP contribution is 2.33. The van der Waals surface area contributed by atoms with Gasteiger partial charge in [0.25, 0.3) is 0 Å². The Bertz CT molecular complexity index is 948. The zero-order valence-corrected chi connectivity index (χ0v) is 16.7. The Labute approximate surface area is 170 Å². The molecule has 1 unspecified atom stereocenters. The summed E-state index contributed by atoms with van der Waals surface area (Å²) in [5, 5.41) is 2.83. The molecule has 0 aromatic heterocycles. The summed E-state index contributed by atoms with van der Waals surface area (Å²) in [6, 6.07) is 13.9. The van der Waals surface area contributed by atoms with E-state index in [0.29, 0.717) is 11.3 Å². The molecule has 3 rings (SSSR count). The molecule has 150 valence electrons. The van der Waals surface area contributed by atoms with Gasteiger partial charge in [0.1, 0.15) is 0 Å². The van der Waals surface area contributed by atoms with Gasteiger partial charge >= 0.3 is 5.97 Å². The summed E-state index contributed by atoms with van der Waals surface area (Å²) >= 11 is 0. The van der Waals surface area contributed by atoms with Crippen LogP contribution in [0.4, 0.5) is 5.69 Å². The monoisotopic (exact) mass is 392 g/mol. The second-order valence-electron chi connectivity index (χ2n) is 7.17. The average molecular weight is 392 g/mol. The minimum absolute atomic E-state index is 0.123. The summed E-state index contributed by atoms with van der Waals surface area (Å²) < 4.78 is 5.16. The number of esters is 1. The number of amides is 2. The number of rotatable bonds is 5. The minimum Gasteiger partial charge on any atom is -0.459 e. The van der Waals surface area contributed by atoms with Gasteiger partial charge in [0.05, 0.1) is 24.1 Å². The van der Waals surface area contributed by atoms with Gasteiger partial charge in [-0.1, -0.05) is 24.3 Å². The van der Waals surface area contributed by atoms with Crippen LogP contribution in [-0.4, -0.2) is 28.8 Å². The van der Waals surface area contributed by atoms with Crippen molar-refractivity contribution in [1.29, 1.82) is 0 Å². The van der Waals surface area contributed by atoms with Gasteiger partial charge in [-0.25, -0.2) is 4.79 Å². The van der Waals surface area contributed by atoms with Crippen molar-refractivity contribution in [2.24, 2.45) is 0 Å². The molecule has 2 aromatic rings. The molecule has 2 amide bonds. The normalized spacial score (nSPS) is 15.0. The van der Waals surface area contributed by atoms with E-state index >= 15 is 0 Å². The third kappa shape index (κ3) is 4.90. The van der Waals surface area contributed by atoms with E-state index in [2.05, 4.69) is 5.32 Å². The Hall–Kier alpha value is -3.41. The van der Waals surface area contributed by atoms with Crippen LogP contribution in [0.5, 0.6) is 0 Å². The van der Waals surface area contributed by atoms with Crippen molar-refractivity contribution >= 4 is 29.5 Å². The maximum absolute atomic E-state index is 12.7. The highest BCUT2D eigenvalue weighted by molar-refractivity contribution is 5.94. The molecular formula is C23H24N2O4. The first-order valence-corrected chi connectivity index (χ1v) is 9.52. The first-order valence-electron chi connectivity index (χ1n) is 9.52. The quantitative estimate of drug-likeness (QED) is 0.776. The van der Waals surface area contributed by atoms with E-state index in [1.54, 1.807) is 49.2 Å². The van der Waals surface area contributed by atoms with Crippen LogP contribution < -0.4 is 5.32 Å². The van der Waals surface area contributed by atoms with Gasteiger partial charge in [0.15, 0.2) is 0 Å². The fourth-order valence-corrected chi connectivity index (χ4v) is 3.27. The van der Waals surface area contributed by atoms with Crippen LogP contribution >= 0.6 is 0 Å². The van der Waals surface area contributed by atoms with Gasteiger partial charge in [-0.15, -0.1) is 0 Å². The smallest absolute Gasteiger partial charge is 0.338 e. The number of carbonyl (C=O) groups excluding carboxylic acids is 3. The Balaban J connectivity index is 1.70. The Morgan fingerprint density at radius 2 is 1.76 bits per heavy atom. The lowest BCUT2D eigenvalue weighted by atomic mass is 9.93. The lowest BCUT2D eigenvalue weighted by Gasteiger charge is -2.32. The Kier molecular flexibility index (Phi) is 6.12. The van der Waals surface area contributed by atoms with Crippen LogP contribution in [0.3, 0.4) is 0 Å². The molecule has 0 radical (unpaired) electrons. The molecule has 1 N–H and O–H groups in total. The van der Waals surface area contributed by atoms with Crippen LogP contribution in [0, 0.1) is 0 Å². The SMILES string of the molecule is CC(=O)N1C=Cc2ccccc2C1CC(=O)Nc1ccc(C(=O)OC(C)C)cc1. The molecule has 6 nitrogen and oxygen atoms in total. The molecule has 29 heavy (non-hydrogen) atoms. The second kappa shape index (κ2) is 8.73. The standard InChI is InChI=1S/C23H24N2O4/c1-15(2)29-23(28)18-8-10-19(11-9-18)24-22(27)14-21-20-7-5-4-6-17(20)12-13-25(21)16(3)26/h4-13,15,21H,14H2,1-3H3,(H,24,27). The fraction of sp³-hybridized carbons (Fsp3) is 0.261. The summed E-state index contributed by atoms with van der Waals surface area (Å²) in [6.45, 7) is 5.06. The maximum atomic E-state index is 12.7. The van der Waals surface area contributed by atoms with Gasteiger partial charge in [0.2, 0.25) is 11.8 Å². The molecule has 0 spiro atoms. The van der Waals surface area contributed by atoms with E-state index in [0.717, 1.165) is 11.1 Å². The van der Waals surface area contributed by atoms with Crippen molar-refractivity contribution in [2.45, 2.75) is 39.3 Å². The van der Waals surface area contributed by atoms with Crippen LogP contribution in [-0.2, 0) is 14.3 Å². The predicted molar refractivity (Wildman–Crippen MR) is 111 cm³/mol. The zero-order valence-electron chi connectivity index (χ0n) is 16.7. The maximum Gasteiger partial charge on any atom is 0.338 e. The van der Waals surface area contributed by atoms with Gasteiger partial charge in [-0.3, -0.25) is 9.59 Å². The minimum atomic E-state index is -0.402. The predicted octanol–water partition coefficient (Wildman–Crippen LogP) is 4.15. The van der Waals surface area contributed by atoms with E-state index in [9.17, 15) is 14.4 Å². The topological polar surface area (TPSA) is 75.7 Å². The van der Waals surface area contributed by atoms with Gasteiger partial charge in [-0.2, -0.15) is 0 Å². The summed E-state index contributed by atoms with van der Waals surface area (Å²) in [6.07, 6.45) is 3.52.